The van der Waals surface area contributed by atoms with Crippen molar-refractivity contribution in [3.8, 4) is 0 Å². The van der Waals surface area contributed by atoms with Crippen molar-refractivity contribution < 1.29 is 14.3 Å². The predicted octanol–water partition coefficient (Wildman–Crippen LogP) is 0.987. The summed E-state index contributed by atoms with van der Waals surface area (Å²) in [5, 5.41) is 0. The van der Waals surface area contributed by atoms with E-state index >= 15 is 0 Å². The summed E-state index contributed by atoms with van der Waals surface area (Å²) >= 11 is 0. The van der Waals surface area contributed by atoms with Gasteiger partial charge in [-0.1, -0.05) is 30.3 Å². The Balaban J connectivity index is 1.90. The zero-order chi connectivity index (χ0) is 15.2. The summed E-state index contributed by atoms with van der Waals surface area (Å²) in [5.41, 5.74) is 6.82. The second kappa shape index (κ2) is 7.08. The molecule has 1 aliphatic heterocycles. The fourth-order valence-corrected chi connectivity index (χ4v) is 2.32. The quantitative estimate of drug-likeness (QED) is 0.901. The third kappa shape index (κ3) is 3.72. The van der Waals surface area contributed by atoms with Crippen molar-refractivity contribution in [1.82, 2.24) is 9.80 Å². The van der Waals surface area contributed by atoms with E-state index in [1.807, 2.05) is 30.3 Å². The van der Waals surface area contributed by atoms with Crippen molar-refractivity contribution in [2.75, 3.05) is 32.8 Å². The summed E-state index contributed by atoms with van der Waals surface area (Å²) in [6.45, 7) is 4.06. The van der Waals surface area contributed by atoms with Crippen molar-refractivity contribution >= 4 is 12.0 Å². The van der Waals surface area contributed by atoms with E-state index in [4.69, 9.17) is 10.5 Å². The molecule has 21 heavy (non-hydrogen) atoms. The third-order valence-electron chi connectivity index (χ3n) is 3.54. The van der Waals surface area contributed by atoms with Gasteiger partial charge in [0.2, 0.25) is 5.91 Å². The molecule has 0 radical (unpaired) electrons. The van der Waals surface area contributed by atoms with E-state index in [1.165, 1.54) is 0 Å². The zero-order valence-electron chi connectivity index (χ0n) is 12.2. The first-order chi connectivity index (χ1) is 10.1. The van der Waals surface area contributed by atoms with Gasteiger partial charge in [0.05, 0.1) is 6.61 Å². The number of carbonyl (C=O) groups is 2. The smallest absolute Gasteiger partial charge is 0.409 e. The Labute approximate surface area is 124 Å². The van der Waals surface area contributed by atoms with Crippen LogP contribution >= 0.6 is 0 Å². The Morgan fingerprint density at radius 1 is 1.14 bits per heavy atom. The van der Waals surface area contributed by atoms with E-state index in [-0.39, 0.29) is 12.0 Å². The largest absolute Gasteiger partial charge is 0.450 e. The van der Waals surface area contributed by atoms with Gasteiger partial charge in [-0.05, 0) is 12.5 Å². The number of rotatable bonds is 3. The molecule has 2 N–H and O–H groups in total. The highest BCUT2D eigenvalue weighted by Crippen LogP contribution is 2.14. The van der Waals surface area contributed by atoms with Crippen molar-refractivity contribution in [3.05, 3.63) is 35.9 Å². The minimum atomic E-state index is -0.652. The maximum absolute atomic E-state index is 12.4. The molecule has 2 rings (SSSR count). The number of amides is 2. The summed E-state index contributed by atoms with van der Waals surface area (Å²) < 4.78 is 4.95. The van der Waals surface area contributed by atoms with E-state index in [0.29, 0.717) is 32.8 Å². The average Bonchev–Trinajstić information content (AvgIpc) is 2.54. The number of carbonyl (C=O) groups excluding carboxylic acids is 2. The number of hydrogen-bond donors (Lipinski definition) is 1. The molecule has 0 saturated carbocycles. The van der Waals surface area contributed by atoms with Gasteiger partial charge in [0.1, 0.15) is 6.04 Å². The highest BCUT2D eigenvalue weighted by molar-refractivity contribution is 5.83. The molecule has 6 nitrogen and oxygen atoms in total. The fraction of sp³-hybridized carbons (Fsp3) is 0.467. The van der Waals surface area contributed by atoms with Crippen molar-refractivity contribution in [3.63, 3.8) is 0 Å². The Morgan fingerprint density at radius 3 is 2.29 bits per heavy atom. The molecule has 0 unspecified atom stereocenters. The number of hydrogen-bond acceptors (Lipinski definition) is 4. The monoisotopic (exact) mass is 291 g/mol. The molecule has 1 heterocycles. The molecule has 6 heteroatoms. The third-order valence-corrected chi connectivity index (χ3v) is 3.54. The Bertz CT molecular complexity index is 484. The topological polar surface area (TPSA) is 75.9 Å². The standard InChI is InChI=1S/C15H21N3O3/c1-2-21-15(20)18-10-8-17(9-11-18)14(19)13(16)12-6-4-3-5-7-12/h3-7,13H,2,8-11,16H2,1H3/t13-/m1/s1. The minimum absolute atomic E-state index is 0.107. The van der Waals surface area contributed by atoms with Crippen LogP contribution in [0.5, 0.6) is 0 Å². The van der Waals surface area contributed by atoms with Crippen LogP contribution in [-0.2, 0) is 9.53 Å². The Hall–Kier alpha value is -2.08. The van der Waals surface area contributed by atoms with E-state index in [9.17, 15) is 9.59 Å². The number of benzene rings is 1. The lowest BCUT2D eigenvalue weighted by atomic mass is 10.1. The SMILES string of the molecule is CCOC(=O)N1CCN(C(=O)[C@H](N)c2ccccc2)CC1. The molecular formula is C15H21N3O3. The van der Waals surface area contributed by atoms with Gasteiger partial charge in [-0.15, -0.1) is 0 Å². The summed E-state index contributed by atoms with van der Waals surface area (Å²) in [7, 11) is 0. The van der Waals surface area contributed by atoms with Gasteiger partial charge in [0, 0.05) is 26.2 Å². The normalized spacial score (nSPS) is 16.5. The van der Waals surface area contributed by atoms with Crippen LogP contribution < -0.4 is 5.73 Å². The van der Waals surface area contributed by atoms with Crippen LogP contribution in [0, 0.1) is 0 Å². The van der Waals surface area contributed by atoms with Gasteiger partial charge < -0.3 is 20.3 Å². The minimum Gasteiger partial charge on any atom is -0.450 e. The maximum atomic E-state index is 12.4. The Morgan fingerprint density at radius 2 is 1.71 bits per heavy atom. The van der Waals surface area contributed by atoms with Crippen LogP contribution in [0.2, 0.25) is 0 Å². The lowest BCUT2D eigenvalue weighted by Gasteiger charge is -2.35. The number of nitrogens with zero attached hydrogens (tertiary/aromatic N) is 2. The van der Waals surface area contributed by atoms with Gasteiger partial charge >= 0.3 is 6.09 Å². The van der Waals surface area contributed by atoms with Crippen LogP contribution in [0.25, 0.3) is 0 Å². The second-order valence-electron chi connectivity index (χ2n) is 4.90. The van der Waals surface area contributed by atoms with Crippen LogP contribution in [-0.4, -0.2) is 54.6 Å². The van der Waals surface area contributed by atoms with Crippen LogP contribution in [0.15, 0.2) is 30.3 Å². The van der Waals surface area contributed by atoms with E-state index in [2.05, 4.69) is 0 Å². The second-order valence-corrected chi connectivity index (χ2v) is 4.90. The van der Waals surface area contributed by atoms with Gasteiger partial charge in [-0.25, -0.2) is 4.79 Å². The van der Waals surface area contributed by atoms with E-state index in [0.717, 1.165) is 5.56 Å². The first kappa shape index (κ1) is 15.3. The number of piperazine rings is 1. The lowest BCUT2D eigenvalue weighted by Crippen LogP contribution is -2.52. The van der Waals surface area contributed by atoms with Gasteiger partial charge in [-0.2, -0.15) is 0 Å². The summed E-state index contributed by atoms with van der Waals surface area (Å²) in [6, 6.07) is 8.65. The first-order valence-corrected chi connectivity index (χ1v) is 7.14. The Kier molecular flexibility index (Phi) is 5.16. The highest BCUT2D eigenvalue weighted by atomic mass is 16.6. The molecule has 1 fully saturated rings. The summed E-state index contributed by atoms with van der Waals surface area (Å²) in [4.78, 5) is 27.3. The molecule has 114 valence electrons. The van der Waals surface area contributed by atoms with Crippen molar-refractivity contribution in [2.24, 2.45) is 5.73 Å². The molecule has 0 spiro atoms. The van der Waals surface area contributed by atoms with Crippen molar-refractivity contribution in [1.29, 1.82) is 0 Å². The number of ether oxygens (including phenoxy) is 1. The molecule has 1 saturated heterocycles. The summed E-state index contributed by atoms with van der Waals surface area (Å²) in [6.07, 6.45) is -0.322. The van der Waals surface area contributed by atoms with E-state index < -0.39 is 6.04 Å². The van der Waals surface area contributed by atoms with Gasteiger partial charge in [-0.3, -0.25) is 4.79 Å². The number of nitrogens with two attached hydrogens (primary N) is 1. The maximum Gasteiger partial charge on any atom is 0.409 e. The average molecular weight is 291 g/mol. The van der Waals surface area contributed by atoms with Crippen LogP contribution in [0.3, 0.4) is 0 Å². The lowest BCUT2D eigenvalue weighted by molar-refractivity contribution is -0.134. The van der Waals surface area contributed by atoms with Crippen molar-refractivity contribution in [2.45, 2.75) is 13.0 Å². The summed E-state index contributed by atoms with van der Waals surface area (Å²) in [5.74, 6) is -0.107. The molecule has 1 aromatic carbocycles. The molecule has 1 aliphatic rings. The van der Waals surface area contributed by atoms with Gasteiger partial charge in [0.15, 0.2) is 0 Å². The molecule has 1 aromatic rings. The molecule has 2 amide bonds. The zero-order valence-corrected chi connectivity index (χ0v) is 12.2. The van der Waals surface area contributed by atoms with Gasteiger partial charge in [0.25, 0.3) is 0 Å². The predicted molar refractivity (Wildman–Crippen MR) is 78.5 cm³/mol. The first-order valence-electron chi connectivity index (χ1n) is 7.14. The van der Waals surface area contributed by atoms with E-state index in [1.54, 1.807) is 16.7 Å². The molecule has 1 atom stereocenters. The molecular weight excluding hydrogens is 270 g/mol. The fourth-order valence-electron chi connectivity index (χ4n) is 2.32. The molecule has 0 aromatic heterocycles. The highest BCUT2D eigenvalue weighted by Gasteiger charge is 2.28. The van der Waals surface area contributed by atoms with Crippen LogP contribution in [0.4, 0.5) is 4.79 Å². The molecule has 0 bridgehead atoms. The molecule has 0 aliphatic carbocycles. The van der Waals surface area contributed by atoms with Crippen LogP contribution in [0.1, 0.15) is 18.5 Å².